The summed E-state index contributed by atoms with van der Waals surface area (Å²) in [6.45, 7) is 1.18. The lowest BCUT2D eigenvalue weighted by Gasteiger charge is -2.20. The highest BCUT2D eigenvalue weighted by atomic mass is 16.5. The van der Waals surface area contributed by atoms with Gasteiger partial charge in [0.15, 0.2) is 0 Å². The molecule has 126 valence electrons. The number of hydrogen-bond acceptors (Lipinski definition) is 5. The Labute approximate surface area is 135 Å². The Hall–Kier alpha value is -2.12. The second-order valence-electron chi connectivity index (χ2n) is 5.57. The minimum absolute atomic E-state index is 0.0654. The molecule has 0 spiro atoms. The number of aliphatic hydroxyl groups is 1. The molecule has 1 aliphatic rings. The molecule has 2 amide bonds. The number of carbonyl (C=O) groups is 2. The van der Waals surface area contributed by atoms with E-state index in [4.69, 9.17) is 10.5 Å². The molecule has 7 nitrogen and oxygen atoms in total. The summed E-state index contributed by atoms with van der Waals surface area (Å²) in [7, 11) is 0. The van der Waals surface area contributed by atoms with Crippen molar-refractivity contribution in [3.63, 3.8) is 0 Å². The van der Waals surface area contributed by atoms with Crippen molar-refractivity contribution in [2.24, 2.45) is 11.7 Å². The molecular formula is C16H23N3O4. The van der Waals surface area contributed by atoms with E-state index in [1.54, 1.807) is 0 Å². The van der Waals surface area contributed by atoms with Gasteiger partial charge in [-0.25, -0.2) is 0 Å². The molecule has 1 saturated heterocycles. The van der Waals surface area contributed by atoms with E-state index in [0.717, 1.165) is 0 Å². The fourth-order valence-corrected chi connectivity index (χ4v) is 2.49. The number of amides is 2. The van der Waals surface area contributed by atoms with Crippen LogP contribution in [0.15, 0.2) is 30.3 Å². The van der Waals surface area contributed by atoms with Crippen LogP contribution in [0.25, 0.3) is 0 Å². The first-order valence-electron chi connectivity index (χ1n) is 7.75. The summed E-state index contributed by atoms with van der Waals surface area (Å²) in [4.78, 5) is 23.3. The van der Waals surface area contributed by atoms with Gasteiger partial charge >= 0.3 is 0 Å². The third kappa shape index (κ3) is 5.22. The smallest absolute Gasteiger partial charge is 0.250 e. The van der Waals surface area contributed by atoms with Crippen molar-refractivity contribution in [3.05, 3.63) is 30.3 Å². The van der Waals surface area contributed by atoms with E-state index in [9.17, 15) is 14.7 Å². The molecule has 1 aliphatic heterocycles. The topological polar surface area (TPSA) is 114 Å². The zero-order chi connectivity index (χ0) is 16.7. The van der Waals surface area contributed by atoms with Crippen LogP contribution in [-0.4, -0.2) is 48.8 Å². The number of benzene rings is 1. The van der Waals surface area contributed by atoms with Crippen molar-refractivity contribution in [3.8, 4) is 5.75 Å². The highest BCUT2D eigenvalue weighted by Crippen LogP contribution is 2.16. The van der Waals surface area contributed by atoms with Gasteiger partial charge in [-0.2, -0.15) is 0 Å². The molecule has 1 fully saturated rings. The fourth-order valence-electron chi connectivity index (χ4n) is 2.49. The normalized spacial score (nSPS) is 19.7. The lowest BCUT2D eigenvalue weighted by molar-refractivity contribution is -0.131. The Bertz CT molecular complexity index is 523. The van der Waals surface area contributed by atoms with E-state index in [0.29, 0.717) is 31.7 Å². The van der Waals surface area contributed by atoms with Gasteiger partial charge in [0.1, 0.15) is 18.5 Å². The van der Waals surface area contributed by atoms with Gasteiger partial charge in [-0.1, -0.05) is 18.2 Å². The third-order valence-corrected chi connectivity index (χ3v) is 3.81. The first-order valence-corrected chi connectivity index (χ1v) is 7.75. The highest BCUT2D eigenvalue weighted by molar-refractivity contribution is 5.82. The molecule has 2 rings (SSSR count). The van der Waals surface area contributed by atoms with E-state index in [-0.39, 0.29) is 18.4 Å². The predicted molar refractivity (Wildman–Crippen MR) is 84.7 cm³/mol. The van der Waals surface area contributed by atoms with Gasteiger partial charge < -0.3 is 26.2 Å². The molecule has 0 bridgehead atoms. The van der Waals surface area contributed by atoms with Gasteiger partial charge in [-0.05, 0) is 25.0 Å². The Morgan fingerprint density at radius 1 is 1.43 bits per heavy atom. The Morgan fingerprint density at radius 2 is 2.17 bits per heavy atom. The number of para-hydroxylation sites is 1. The lowest BCUT2D eigenvalue weighted by Crippen LogP contribution is -2.48. The maximum Gasteiger partial charge on any atom is 0.250 e. The molecule has 0 saturated carbocycles. The van der Waals surface area contributed by atoms with E-state index >= 15 is 0 Å². The maximum absolute atomic E-state index is 11.9. The second kappa shape index (κ2) is 8.50. The molecule has 23 heavy (non-hydrogen) atoms. The fraction of sp³-hybridized carbons (Fsp3) is 0.500. The number of carbonyl (C=O) groups excluding carboxylic acids is 2. The van der Waals surface area contributed by atoms with E-state index in [2.05, 4.69) is 10.6 Å². The molecule has 0 aliphatic carbocycles. The van der Waals surface area contributed by atoms with Crippen LogP contribution in [-0.2, 0) is 9.59 Å². The van der Waals surface area contributed by atoms with Gasteiger partial charge in [0.05, 0.1) is 6.54 Å². The quantitative estimate of drug-likeness (QED) is 0.477. The molecule has 5 N–H and O–H groups in total. The number of ether oxygens (including phenoxy) is 1. The molecule has 3 atom stereocenters. The lowest BCUT2D eigenvalue weighted by atomic mass is 9.95. The van der Waals surface area contributed by atoms with Crippen molar-refractivity contribution in [1.82, 2.24) is 10.6 Å². The SMILES string of the molecule is N[C@@H](C[C@@H]1CCNC1=O)C(O)C(=O)NCCOc1ccccc1. The molecular weight excluding hydrogens is 298 g/mol. The number of hydrogen-bond donors (Lipinski definition) is 4. The Balaban J connectivity index is 1.66. The number of nitrogens with two attached hydrogens (primary N) is 1. The summed E-state index contributed by atoms with van der Waals surface area (Å²) in [6, 6.07) is 8.47. The maximum atomic E-state index is 11.9. The third-order valence-electron chi connectivity index (χ3n) is 3.81. The molecule has 1 aromatic rings. The standard InChI is InChI=1S/C16H23N3O4/c17-13(10-11-6-7-18-15(11)21)14(20)16(22)19-8-9-23-12-4-2-1-3-5-12/h1-5,11,13-14,20H,6-10,17H2,(H,18,21)(H,19,22)/t11-,13-,14?/m0/s1. The Kier molecular flexibility index (Phi) is 6.37. The molecule has 1 aromatic carbocycles. The Morgan fingerprint density at radius 3 is 2.83 bits per heavy atom. The summed E-state index contributed by atoms with van der Waals surface area (Å²) >= 11 is 0. The monoisotopic (exact) mass is 321 g/mol. The van der Waals surface area contributed by atoms with Crippen LogP contribution in [0.3, 0.4) is 0 Å². The van der Waals surface area contributed by atoms with Gasteiger partial charge in [-0.3, -0.25) is 9.59 Å². The minimum atomic E-state index is -1.33. The molecule has 1 heterocycles. The molecule has 7 heteroatoms. The summed E-state index contributed by atoms with van der Waals surface area (Å²) in [5.41, 5.74) is 5.83. The zero-order valence-corrected chi connectivity index (χ0v) is 12.9. The van der Waals surface area contributed by atoms with Crippen molar-refractivity contribution in [1.29, 1.82) is 0 Å². The highest BCUT2D eigenvalue weighted by Gasteiger charge is 2.31. The molecule has 0 radical (unpaired) electrons. The van der Waals surface area contributed by atoms with Crippen molar-refractivity contribution < 1.29 is 19.4 Å². The second-order valence-corrected chi connectivity index (χ2v) is 5.57. The van der Waals surface area contributed by atoms with E-state index in [1.165, 1.54) is 0 Å². The number of nitrogens with one attached hydrogen (secondary N) is 2. The minimum Gasteiger partial charge on any atom is -0.492 e. The summed E-state index contributed by atoms with van der Waals surface area (Å²) in [6.07, 6.45) is -0.354. The van der Waals surface area contributed by atoms with Gasteiger partial charge in [-0.15, -0.1) is 0 Å². The molecule has 0 aromatic heterocycles. The van der Waals surface area contributed by atoms with Crippen molar-refractivity contribution in [2.45, 2.75) is 25.0 Å². The van der Waals surface area contributed by atoms with Gasteiger partial charge in [0.25, 0.3) is 5.91 Å². The zero-order valence-electron chi connectivity index (χ0n) is 12.9. The van der Waals surface area contributed by atoms with Crippen LogP contribution in [0, 0.1) is 5.92 Å². The first-order chi connectivity index (χ1) is 11.1. The van der Waals surface area contributed by atoms with Gasteiger partial charge in [0, 0.05) is 18.5 Å². The predicted octanol–water partition coefficient (Wildman–Crippen LogP) is -0.604. The number of rotatable bonds is 8. The summed E-state index contributed by atoms with van der Waals surface area (Å²) in [5, 5.41) is 15.2. The van der Waals surface area contributed by atoms with Crippen LogP contribution in [0.2, 0.25) is 0 Å². The van der Waals surface area contributed by atoms with Crippen LogP contribution in [0.1, 0.15) is 12.8 Å². The first kappa shape index (κ1) is 17.2. The molecule has 1 unspecified atom stereocenters. The number of aliphatic hydroxyl groups excluding tert-OH is 1. The summed E-state index contributed by atoms with van der Waals surface area (Å²) in [5.74, 6) is -0.128. The van der Waals surface area contributed by atoms with E-state index < -0.39 is 18.1 Å². The van der Waals surface area contributed by atoms with E-state index in [1.807, 2.05) is 30.3 Å². The summed E-state index contributed by atoms with van der Waals surface area (Å²) < 4.78 is 5.44. The largest absolute Gasteiger partial charge is 0.492 e. The van der Waals surface area contributed by atoms with Crippen LogP contribution < -0.4 is 21.1 Å². The van der Waals surface area contributed by atoms with Crippen LogP contribution in [0.5, 0.6) is 5.75 Å². The van der Waals surface area contributed by atoms with Crippen molar-refractivity contribution >= 4 is 11.8 Å². The van der Waals surface area contributed by atoms with Gasteiger partial charge in [0.2, 0.25) is 5.91 Å². The average molecular weight is 321 g/mol. The average Bonchev–Trinajstić information content (AvgIpc) is 2.96. The van der Waals surface area contributed by atoms with Crippen LogP contribution in [0.4, 0.5) is 0 Å². The van der Waals surface area contributed by atoms with Crippen LogP contribution >= 0.6 is 0 Å². The van der Waals surface area contributed by atoms with Crippen molar-refractivity contribution in [2.75, 3.05) is 19.7 Å².